The fourth-order valence-corrected chi connectivity index (χ4v) is 4.26. The van der Waals surface area contributed by atoms with Crippen molar-refractivity contribution in [2.24, 2.45) is 0 Å². The molecule has 32 heavy (non-hydrogen) atoms. The standard InChI is InChI=1S/C26H28N6/c1-5-7-19-25(31-15-27-21-13-17(3)9-11-23(21)31)30-20(8-6-2)26(29-19)32-16-28-22-14-18(4)10-12-24(22)32/h9-16H,5-8H2,1-4H3. The highest BCUT2D eigenvalue weighted by atomic mass is 15.2. The second kappa shape index (κ2) is 8.19. The van der Waals surface area contributed by atoms with Gasteiger partial charge in [0.2, 0.25) is 0 Å². The number of imidazole rings is 2. The van der Waals surface area contributed by atoms with Gasteiger partial charge in [-0.3, -0.25) is 9.13 Å². The Balaban J connectivity index is 1.74. The van der Waals surface area contributed by atoms with Gasteiger partial charge in [-0.2, -0.15) is 0 Å². The molecule has 2 aromatic carbocycles. The van der Waals surface area contributed by atoms with Gasteiger partial charge < -0.3 is 0 Å². The number of aryl methyl sites for hydroxylation is 4. The predicted octanol–water partition coefficient (Wildman–Crippen LogP) is 5.68. The van der Waals surface area contributed by atoms with Crippen LogP contribution in [0, 0.1) is 13.8 Å². The summed E-state index contributed by atoms with van der Waals surface area (Å²) in [6.07, 6.45) is 7.42. The quantitative estimate of drug-likeness (QED) is 0.352. The second-order valence-corrected chi connectivity index (χ2v) is 8.48. The van der Waals surface area contributed by atoms with Crippen molar-refractivity contribution in [3.8, 4) is 11.6 Å². The summed E-state index contributed by atoms with van der Waals surface area (Å²) in [7, 11) is 0. The molecule has 6 nitrogen and oxygen atoms in total. The Bertz CT molecular complexity index is 1320. The van der Waals surface area contributed by atoms with E-state index >= 15 is 0 Å². The largest absolute Gasteiger partial charge is 0.281 e. The van der Waals surface area contributed by atoms with Crippen molar-refractivity contribution in [3.63, 3.8) is 0 Å². The molecule has 0 radical (unpaired) electrons. The fraction of sp³-hybridized carbons (Fsp3) is 0.308. The number of rotatable bonds is 6. The van der Waals surface area contributed by atoms with E-state index < -0.39 is 0 Å². The van der Waals surface area contributed by atoms with Gasteiger partial charge in [0.1, 0.15) is 12.7 Å². The highest BCUT2D eigenvalue weighted by molar-refractivity contribution is 5.79. The summed E-state index contributed by atoms with van der Waals surface area (Å²) in [4.78, 5) is 19.6. The summed E-state index contributed by atoms with van der Waals surface area (Å²) in [5.74, 6) is 1.76. The molecule has 3 aromatic heterocycles. The Hall–Kier alpha value is -3.54. The lowest BCUT2D eigenvalue weighted by atomic mass is 10.2. The normalized spacial score (nSPS) is 11.6. The summed E-state index contributed by atoms with van der Waals surface area (Å²) >= 11 is 0. The van der Waals surface area contributed by atoms with Gasteiger partial charge in [-0.1, -0.05) is 38.8 Å². The maximum atomic E-state index is 5.19. The molecular weight excluding hydrogens is 396 g/mol. The van der Waals surface area contributed by atoms with E-state index in [9.17, 15) is 0 Å². The first kappa shape index (κ1) is 20.4. The van der Waals surface area contributed by atoms with Gasteiger partial charge in [0, 0.05) is 0 Å². The van der Waals surface area contributed by atoms with Crippen molar-refractivity contribution in [3.05, 3.63) is 71.6 Å². The molecule has 0 spiro atoms. The average molecular weight is 425 g/mol. The molecule has 0 bridgehead atoms. The highest BCUT2D eigenvalue weighted by Crippen LogP contribution is 2.26. The van der Waals surface area contributed by atoms with Crippen molar-refractivity contribution in [1.29, 1.82) is 0 Å². The van der Waals surface area contributed by atoms with E-state index in [2.05, 4.69) is 83.2 Å². The van der Waals surface area contributed by atoms with Crippen LogP contribution in [0.3, 0.4) is 0 Å². The molecule has 0 fully saturated rings. The molecule has 0 N–H and O–H groups in total. The molecule has 0 saturated heterocycles. The molecule has 0 unspecified atom stereocenters. The lowest BCUT2D eigenvalue weighted by molar-refractivity contribution is 0.780. The smallest absolute Gasteiger partial charge is 0.160 e. The molecule has 0 atom stereocenters. The van der Waals surface area contributed by atoms with Crippen molar-refractivity contribution in [2.45, 2.75) is 53.4 Å². The Morgan fingerprint density at radius 1 is 0.656 bits per heavy atom. The third kappa shape index (κ3) is 3.45. The lowest BCUT2D eigenvalue weighted by Crippen LogP contribution is -2.13. The molecule has 5 rings (SSSR count). The van der Waals surface area contributed by atoms with E-state index in [1.807, 2.05) is 12.7 Å². The van der Waals surface area contributed by atoms with Crippen LogP contribution >= 0.6 is 0 Å². The number of aromatic nitrogens is 6. The third-order valence-electron chi connectivity index (χ3n) is 5.83. The zero-order valence-electron chi connectivity index (χ0n) is 19.1. The van der Waals surface area contributed by atoms with Crippen LogP contribution in [-0.2, 0) is 12.8 Å². The Morgan fingerprint density at radius 3 is 1.50 bits per heavy atom. The van der Waals surface area contributed by atoms with Crippen molar-refractivity contribution in [2.75, 3.05) is 0 Å². The van der Waals surface area contributed by atoms with Crippen molar-refractivity contribution >= 4 is 22.1 Å². The Kier molecular flexibility index (Phi) is 5.21. The second-order valence-electron chi connectivity index (χ2n) is 8.48. The van der Waals surface area contributed by atoms with Crippen molar-refractivity contribution in [1.82, 2.24) is 29.1 Å². The molecular formula is C26H28N6. The monoisotopic (exact) mass is 424 g/mol. The van der Waals surface area contributed by atoms with Crippen LogP contribution in [-0.4, -0.2) is 29.1 Å². The topological polar surface area (TPSA) is 61.4 Å². The van der Waals surface area contributed by atoms with Gasteiger partial charge >= 0.3 is 0 Å². The first-order valence-electron chi connectivity index (χ1n) is 11.4. The number of nitrogens with zero attached hydrogens (tertiary/aromatic N) is 6. The predicted molar refractivity (Wildman–Crippen MR) is 129 cm³/mol. The number of hydrogen-bond donors (Lipinski definition) is 0. The first-order chi connectivity index (χ1) is 15.6. The molecule has 0 aliphatic rings. The summed E-state index contributed by atoms with van der Waals surface area (Å²) in [5.41, 5.74) is 8.44. The van der Waals surface area contributed by atoms with Crippen LogP contribution in [0.15, 0.2) is 49.1 Å². The van der Waals surface area contributed by atoms with E-state index in [0.29, 0.717) is 0 Å². The van der Waals surface area contributed by atoms with Gasteiger partial charge in [0.25, 0.3) is 0 Å². The van der Waals surface area contributed by atoms with Gasteiger partial charge in [-0.05, 0) is 62.1 Å². The first-order valence-corrected chi connectivity index (χ1v) is 11.4. The fourth-order valence-electron chi connectivity index (χ4n) is 4.26. The van der Waals surface area contributed by atoms with Crippen LogP contribution < -0.4 is 0 Å². The number of fused-ring (bicyclic) bond motifs is 2. The minimum atomic E-state index is 0.846. The molecule has 0 amide bonds. The van der Waals surface area contributed by atoms with Gasteiger partial charge in [-0.15, -0.1) is 0 Å². The van der Waals surface area contributed by atoms with Crippen LogP contribution in [0.4, 0.5) is 0 Å². The lowest BCUT2D eigenvalue weighted by Gasteiger charge is -2.16. The van der Waals surface area contributed by atoms with E-state index in [-0.39, 0.29) is 0 Å². The zero-order valence-corrected chi connectivity index (χ0v) is 19.1. The van der Waals surface area contributed by atoms with Crippen molar-refractivity contribution < 1.29 is 0 Å². The molecule has 0 saturated carbocycles. The molecule has 0 aliphatic heterocycles. The summed E-state index contributed by atoms with van der Waals surface area (Å²) in [6.45, 7) is 8.53. The number of benzene rings is 2. The Morgan fingerprint density at radius 2 is 1.09 bits per heavy atom. The zero-order chi connectivity index (χ0) is 22.2. The van der Waals surface area contributed by atoms with Gasteiger partial charge in [0.15, 0.2) is 11.6 Å². The van der Waals surface area contributed by atoms with E-state index in [1.165, 1.54) is 11.1 Å². The third-order valence-corrected chi connectivity index (χ3v) is 5.83. The average Bonchev–Trinajstić information content (AvgIpc) is 3.38. The molecule has 6 heteroatoms. The highest BCUT2D eigenvalue weighted by Gasteiger charge is 2.19. The molecule has 162 valence electrons. The molecule has 3 heterocycles. The maximum Gasteiger partial charge on any atom is 0.160 e. The van der Waals surface area contributed by atoms with Gasteiger partial charge in [-0.25, -0.2) is 19.9 Å². The van der Waals surface area contributed by atoms with Crippen LogP contribution in [0.25, 0.3) is 33.7 Å². The van der Waals surface area contributed by atoms with Crippen LogP contribution in [0.2, 0.25) is 0 Å². The minimum absolute atomic E-state index is 0.846. The van der Waals surface area contributed by atoms with Gasteiger partial charge in [0.05, 0.1) is 33.5 Å². The van der Waals surface area contributed by atoms with Crippen LogP contribution in [0.5, 0.6) is 0 Å². The summed E-state index contributed by atoms with van der Waals surface area (Å²) in [6, 6.07) is 12.7. The maximum absolute atomic E-state index is 5.19. The minimum Gasteiger partial charge on any atom is -0.281 e. The summed E-state index contributed by atoms with van der Waals surface area (Å²) < 4.78 is 4.18. The van der Waals surface area contributed by atoms with E-state index in [4.69, 9.17) is 9.97 Å². The van der Waals surface area contributed by atoms with E-state index in [1.54, 1.807) is 0 Å². The van der Waals surface area contributed by atoms with Crippen LogP contribution in [0.1, 0.15) is 49.2 Å². The molecule has 5 aromatic rings. The molecule has 0 aliphatic carbocycles. The number of hydrogen-bond acceptors (Lipinski definition) is 4. The SMILES string of the molecule is CCCc1nc(-n2cnc3cc(C)ccc32)c(CCC)nc1-n1cnc2cc(C)ccc21. The van der Waals surface area contributed by atoms with E-state index in [0.717, 1.165) is 70.8 Å². The summed E-state index contributed by atoms with van der Waals surface area (Å²) in [5, 5.41) is 0. The Labute approximate surface area is 188 Å².